The first-order valence-corrected chi connectivity index (χ1v) is 3.55. The summed E-state index contributed by atoms with van der Waals surface area (Å²) in [4.78, 5) is 0. The highest BCUT2D eigenvalue weighted by atomic mass is 16.8. The van der Waals surface area contributed by atoms with Gasteiger partial charge in [0.05, 0.1) is 0 Å². The van der Waals surface area contributed by atoms with Crippen molar-refractivity contribution in [2.75, 3.05) is 13.7 Å². The van der Waals surface area contributed by atoms with Crippen molar-refractivity contribution in [3.8, 4) is 0 Å². The molecule has 0 amide bonds. The molecule has 1 fully saturated rings. The van der Waals surface area contributed by atoms with Gasteiger partial charge < -0.3 is 14.2 Å². The van der Waals surface area contributed by atoms with Crippen LogP contribution in [0, 0.1) is 0 Å². The largest absolute Gasteiger partial charge is 0.353 e. The highest BCUT2D eigenvalue weighted by molar-refractivity contribution is 4.67. The van der Waals surface area contributed by atoms with Gasteiger partial charge in [0.25, 0.3) is 0 Å². The summed E-state index contributed by atoms with van der Waals surface area (Å²) < 4.78 is 15.7. The quantitative estimate of drug-likeness (QED) is 0.584. The molecule has 0 spiro atoms. The van der Waals surface area contributed by atoms with Crippen molar-refractivity contribution < 1.29 is 14.2 Å². The normalized spacial score (nSPS) is 40.5. The standard InChI is InChI=1S/C7H14O3/c1-4-7(2)9-5-6(8-3)10-7/h6H,4-5H2,1-3H3. The van der Waals surface area contributed by atoms with Crippen LogP contribution in [-0.2, 0) is 14.2 Å². The SMILES string of the molecule is CCC1(C)OCC(OC)O1. The van der Waals surface area contributed by atoms with E-state index in [1.165, 1.54) is 0 Å². The molecule has 2 unspecified atom stereocenters. The van der Waals surface area contributed by atoms with Gasteiger partial charge in [-0.2, -0.15) is 0 Å². The van der Waals surface area contributed by atoms with Crippen molar-refractivity contribution in [1.29, 1.82) is 0 Å². The maximum Gasteiger partial charge on any atom is 0.183 e. The van der Waals surface area contributed by atoms with Gasteiger partial charge in [0.1, 0.15) is 6.61 Å². The number of ether oxygens (including phenoxy) is 3. The third kappa shape index (κ3) is 1.48. The third-order valence-electron chi connectivity index (χ3n) is 1.81. The summed E-state index contributed by atoms with van der Waals surface area (Å²) in [5.41, 5.74) is 0. The van der Waals surface area contributed by atoms with Crippen LogP contribution in [0.25, 0.3) is 0 Å². The van der Waals surface area contributed by atoms with Crippen LogP contribution >= 0.6 is 0 Å². The maximum absolute atomic E-state index is 5.40. The third-order valence-corrected chi connectivity index (χ3v) is 1.81. The monoisotopic (exact) mass is 146 g/mol. The van der Waals surface area contributed by atoms with Gasteiger partial charge in [-0.25, -0.2) is 0 Å². The fourth-order valence-electron chi connectivity index (χ4n) is 0.892. The lowest BCUT2D eigenvalue weighted by molar-refractivity contribution is -0.194. The molecule has 1 rings (SSSR count). The lowest BCUT2D eigenvalue weighted by Crippen LogP contribution is -2.25. The molecular weight excluding hydrogens is 132 g/mol. The van der Waals surface area contributed by atoms with Crippen LogP contribution in [0.3, 0.4) is 0 Å². The first kappa shape index (κ1) is 7.98. The second-order valence-electron chi connectivity index (χ2n) is 2.58. The summed E-state index contributed by atoms with van der Waals surface area (Å²) in [7, 11) is 1.62. The summed E-state index contributed by atoms with van der Waals surface area (Å²) in [6, 6.07) is 0. The smallest absolute Gasteiger partial charge is 0.183 e. The highest BCUT2D eigenvalue weighted by Crippen LogP contribution is 2.26. The predicted octanol–water partition coefficient (Wildman–Crippen LogP) is 1.13. The maximum atomic E-state index is 5.40. The molecule has 0 aromatic heterocycles. The van der Waals surface area contributed by atoms with Crippen molar-refractivity contribution >= 4 is 0 Å². The molecule has 0 bridgehead atoms. The minimum Gasteiger partial charge on any atom is -0.353 e. The predicted molar refractivity (Wildman–Crippen MR) is 36.5 cm³/mol. The van der Waals surface area contributed by atoms with E-state index in [0.29, 0.717) is 6.61 Å². The Morgan fingerprint density at radius 1 is 1.70 bits per heavy atom. The molecule has 3 heteroatoms. The van der Waals surface area contributed by atoms with E-state index in [2.05, 4.69) is 0 Å². The molecule has 10 heavy (non-hydrogen) atoms. The van der Waals surface area contributed by atoms with E-state index >= 15 is 0 Å². The number of hydrogen-bond acceptors (Lipinski definition) is 3. The van der Waals surface area contributed by atoms with Crippen molar-refractivity contribution in [3.63, 3.8) is 0 Å². The summed E-state index contributed by atoms with van der Waals surface area (Å²) in [5, 5.41) is 0. The Morgan fingerprint density at radius 3 is 2.70 bits per heavy atom. The summed E-state index contributed by atoms with van der Waals surface area (Å²) >= 11 is 0. The van der Waals surface area contributed by atoms with Crippen LogP contribution < -0.4 is 0 Å². The Hall–Kier alpha value is -0.120. The Labute approximate surface area is 61.3 Å². The van der Waals surface area contributed by atoms with Gasteiger partial charge in [-0.3, -0.25) is 0 Å². The molecule has 1 saturated heterocycles. The van der Waals surface area contributed by atoms with Crippen molar-refractivity contribution in [3.05, 3.63) is 0 Å². The van der Waals surface area contributed by atoms with E-state index in [1.54, 1.807) is 7.11 Å². The minimum atomic E-state index is -0.416. The van der Waals surface area contributed by atoms with Crippen LogP contribution in [0.2, 0.25) is 0 Å². The van der Waals surface area contributed by atoms with Gasteiger partial charge in [0.15, 0.2) is 12.1 Å². The van der Waals surface area contributed by atoms with E-state index < -0.39 is 5.79 Å². The van der Waals surface area contributed by atoms with Crippen molar-refractivity contribution in [2.45, 2.75) is 32.3 Å². The Bertz CT molecular complexity index is 115. The lowest BCUT2D eigenvalue weighted by Gasteiger charge is -2.20. The molecule has 0 aromatic carbocycles. The number of methoxy groups -OCH3 is 1. The summed E-state index contributed by atoms with van der Waals surface area (Å²) in [6.07, 6.45) is 0.678. The molecule has 0 N–H and O–H groups in total. The molecule has 3 nitrogen and oxygen atoms in total. The van der Waals surface area contributed by atoms with E-state index in [4.69, 9.17) is 14.2 Å². The average molecular weight is 146 g/mol. The van der Waals surface area contributed by atoms with Crippen LogP contribution in [0.1, 0.15) is 20.3 Å². The van der Waals surface area contributed by atoms with Gasteiger partial charge in [0, 0.05) is 7.11 Å². The molecule has 0 radical (unpaired) electrons. The van der Waals surface area contributed by atoms with Gasteiger partial charge >= 0.3 is 0 Å². The fourth-order valence-corrected chi connectivity index (χ4v) is 0.892. The Balaban J connectivity index is 2.41. The van der Waals surface area contributed by atoms with E-state index in [-0.39, 0.29) is 6.29 Å². The fraction of sp³-hybridized carbons (Fsp3) is 1.00. The van der Waals surface area contributed by atoms with Crippen molar-refractivity contribution in [2.24, 2.45) is 0 Å². The topological polar surface area (TPSA) is 27.7 Å². The molecule has 2 atom stereocenters. The van der Waals surface area contributed by atoms with Crippen LogP contribution in [0.4, 0.5) is 0 Å². The molecule has 1 aliphatic heterocycles. The number of rotatable bonds is 2. The van der Waals surface area contributed by atoms with Gasteiger partial charge in [-0.15, -0.1) is 0 Å². The zero-order chi connectivity index (χ0) is 7.61. The van der Waals surface area contributed by atoms with E-state index in [0.717, 1.165) is 6.42 Å². The zero-order valence-corrected chi connectivity index (χ0v) is 6.72. The molecule has 60 valence electrons. The van der Waals surface area contributed by atoms with Gasteiger partial charge in [-0.05, 0) is 13.3 Å². The average Bonchev–Trinajstić information content (AvgIpc) is 2.33. The van der Waals surface area contributed by atoms with Crippen molar-refractivity contribution in [1.82, 2.24) is 0 Å². The van der Waals surface area contributed by atoms with Gasteiger partial charge in [0.2, 0.25) is 0 Å². The lowest BCUT2D eigenvalue weighted by atomic mass is 10.2. The van der Waals surface area contributed by atoms with Crippen LogP contribution in [0.15, 0.2) is 0 Å². The highest BCUT2D eigenvalue weighted by Gasteiger charge is 2.35. The summed E-state index contributed by atoms with van der Waals surface area (Å²) in [5.74, 6) is -0.416. The molecule has 1 heterocycles. The number of hydrogen-bond donors (Lipinski definition) is 0. The van der Waals surface area contributed by atoms with E-state index in [9.17, 15) is 0 Å². The summed E-state index contributed by atoms with van der Waals surface area (Å²) in [6.45, 7) is 4.49. The second-order valence-corrected chi connectivity index (χ2v) is 2.58. The minimum absolute atomic E-state index is 0.176. The molecular formula is C7H14O3. The van der Waals surface area contributed by atoms with Gasteiger partial charge in [-0.1, -0.05) is 6.92 Å². The van der Waals surface area contributed by atoms with E-state index in [1.807, 2.05) is 13.8 Å². The van der Waals surface area contributed by atoms with Crippen LogP contribution in [-0.4, -0.2) is 25.8 Å². The second kappa shape index (κ2) is 2.86. The molecule has 0 aliphatic carbocycles. The first-order valence-electron chi connectivity index (χ1n) is 3.55. The Kier molecular flexibility index (Phi) is 2.28. The molecule has 0 saturated carbocycles. The van der Waals surface area contributed by atoms with Crippen LogP contribution in [0.5, 0.6) is 0 Å². The zero-order valence-electron chi connectivity index (χ0n) is 6.72. The Morgan fingerprint density at radius 2 is 2.40 bits per heavy atom. The molecule has 1 aliphatic rings. The first-order chi connectivity index (χ1) is 4.70. The molecule has 0 aromatic rings.